The van der Waals surface area contributed by atoms with Crippen LogP contribution in [0.25, 0.3) is 0 Å². The van der Waals surface area contributed by atoms with Crippen LogP contribution in [0.3, 0.4) is 0 Å². The van der Waals surface area contributed by atoms with E-state index in [2.05, 4.69) is 6.58 Å². The van der Waals surface area contributed by atoms with E-state index in [-0.39, 0.29) is 5.97 Å². The Morgan fingerprint density at radius 2 is 1.57 bits per heavy atom. The van der Waals surface area contributed by atoms with Crippen molar-refractivity contribution in [3.05, 3.63) is 47.5 Å². The van der Waals surface area contributed by atoms with Crippen molar-refractivity contribution in [3.8, 4) is 0 Å². The Morgan fingerprint density at radius 1 is 1.00 bits per heavy atom. The van der Waals surface area contributed by atoms with Crippen LogP contribution in [-0.4, -0.2) is 12.6 Å². The van der Waals surface area contributed by atoms with Gasteiger partial charge in [-0.15, -0.1) is 6.58 Å². The van der Waals surface area contributed by atoms with Gasteiger partial charge >= 0.3 is 5.97 Å². The minimum absolute atomic E-state index is 0.268. The molecule has 0 aromatic heterocycles. The average molecular weight is 309 g/mol. The summed E-state index contributed by atoms with van der Waals surface area (Å²) >= 11 is 5.77. The number of benzene rings is 1. The molecule has 2 nitrogen and oxygen atoms in total. The zero-order valence-corrected chi connectivity index (χ0v) is 13.4. The summed E-state index contributed by atoms with van der Waals surface area (Å²) < 4.78 is 5.23. The summed E-state index contributed by atoms with van der Waals surface area (Å²) in [6, 6.07) is 6.77. The van der Waals surface area contributed by atoms with E-state index in [1.165, 1.54) is 32.1 Å². The standard InChI is InChI=1S/C18H25ClO2/c1-2-3-4-5-6-7-8-9-10-15-21-18(20)16-11-13-17(19)14-12-16/h2,11-14H,1,3-10,15H2. The zero-order valence-electron chi connectivity index (χ0n) is 12.7. The maximum Gasteiger partial charge on any atom is 0.338 e. The van der Waals surface area contributed by atoms with Crippen LogP contribution in [0.4, 0.5) is 0 Å². The van der Waals surface area contributed by atoms with Crippen LogP contribution in [-0.2, 0) is 4.74 Å². The molecule has 0 heterocycles. The van der Waals surface area contributed by atoms with Crippen molar-refractivity contribution < 1.29 is 9.53 Å². The largest absolute Gasteiger partial charge is 0.462 e. The molecular weight excluding hydrogens is 284 g/mol. The van der Waals surface area contributed by atoms with E-state index in [1.54, 1.807) is 24.3 Å². The number of unbranched alkanes of at least 4 members (excludes halogenated alkanes) is 7. The van der Waals surface area contributed by atoms with Gasteiger partial charge in [-0.3, -0.25) is 0 Å². The van der Waals surface area contributed by atoms with E-state index in [9.17, 15) is 4.79 Å². The number of halogens is 1. The topological polar surface area (TPSA) is 26.3 Å². The number of allylic oxidation sites excluding steroid dienone is 1. The third-order valence-electron chi connectivity index (χ3n) is 3.37. The third-order valence-corrected chi connectivity index (χ3v) is 3.62. The second kappa shape index (κ2) is 11.4. The second-order valence-electron chi connectivity index (χ2n) is 5.20. The van der Waals surface area contributed by atoms with Gasteiger partial charge < -0.3 is 4.74 Å². The summed E-state index contributed by atoms with van der Waals surface area (Å²) in [5, 5.41) is 0.625. The smallest absolute Gasteiger partial charge is 0.338 e. The van der Waals surface area contributed by atoms with Crippen LogP contribution in [0.15, 0.2) is 36.9 Å². The Labute approximate surface area is 133 Å². The first-order chi connectivity index (χ1) is 10.2. The lowest BCUT2D eigenvalue weighted by Crippen LogP contribution is -2.06. The predicted octanol–water partition coefficient (Wildman–Crippen LogP) is 5.80. The molecule has 0 bridgehead atoms. The van der Waals surface area contributed by atoms with Gasteiger partial charge in [0.1, 0.15) is 0 Å². The molecule has 0 aliphatic rings. The fourth-order valence-electron chi connectivity index (χ4n) is 2.11. The molecule has 0 saturated carbocycles. The molecule has 0 amide bonds. The molecule has 1 rings (SSSR count). The highest BCUT2D eigenvalue weighted by Crippen LogP contribution is 2.11. The Balaban J connectivity index is 1.97. The zero-order chi connectivity index (χ0) is 15.3. The molecule has 116 valence electrons. The minimum Gasteiger partial charge on any atom is -0.462 e. The molecule has 0 unspecified atom stereocenters. The van der Waals surface area contributed by atoms with Crippen molar-refractivity contribution in [2.24, 2.45) is 0 Å². The quantitative estimate of drug-likeness (QED) is 0.293. The van der Waals surface area contributed by atoms with E-state index in [0.29, 0.717) is 17.2 Å². The number of esters is 1. The van der Waals surface area contributed by atoms with Gasteiger partial charge in [0.15, 0.2) is 0 Å². The van der Waals surface area contributed by atoms with Gasteiger partial charge in [-0.2, -0.15) is 0 Å². The maximum absolute atomic E-state index is 11.7. The van der Waals surface area contributed by atoms with Crippen LogP contribution in [0, 0.1) is 0 Å². The molecule has 0 radical (unpaired) electrons. The van der Waals surface area contributed by atoms with Crippen LogP contribution in [0.2, 0.25) is 5.02 Å². The Kier molecular flexibility index (Phi) is 9.64. The highest BCUT2D eigenvalue weighted by molar-refractivity contribution is 6.30. The fraction of sp³-hybridized carbons (Fsp3) is 0.500. The summed E-state index contributed by atoms with van der Waals surface area (Å²) in [5.41, 5.74) is 0.557. The van der Waals surface area contributed by atoms with Crippen molar-refractivity contribution in [2.45, 2.75) is 51.4 Å². The number of rotatable bonds is 11. The lowest BCUT2D eigenvalue weighted by atomic mass is 10.1. The number of carbonyl (C=O) groups is 1. The molecule has 0 saturated heterocycles. The van der Waals surface area contributed by atoms with E-state index in [4.69, 9.17) is 16.3 Å². The summed E-state index contributed by atoms with van der Waals surface area (Å²) in [7, 11) is 0. The maximum atomic E-state index is 11.7. The van der Waals surface area contributed by atoms with E-state index < -0.39 is 0 Å². The molecule has 0 aliphatic heterocycles. The SMILES string of the molecule is C=CCCCCCCCCCOC(=O)c1ccc(Cl)cc1. The van der Waals surface area contributed by atoms with Crippen molar-refractivity contribution >= 4 is 17.6 Å². The van der Waals surface area contributed by atoms with Gasteiger partial charge in [-0.1, -0.05) is 49.8 Å². The van der Waals surface area contributed by atoms with Gasteiger partial charge in [0.05, 0.1) is 12.2 Å². The number of carbonyl (C=O) groups excluding carboxylic acids is 1. The lowest BCUT2D eigenvalue weighted by Gasteiger charge is -2.05. The Hall–Kier alpha value is -1.28. The molecule has 21 heavy (non-hydrogen) atoms. The van der Waals surface area contributed by atoms with Gasteiger partial charge in [0, 0.05) is 5.02 Å². The second-order valence-corrected chi connectivity index (χ2v) is 5.63. The van der Waals surface area contributed by atoms with Crippen molar-refractivity contribution in [3.63, 3.8) is 0 Å². The molecule has 3 heteroatoms. The lowest BCUT2D eigenvalue weighted by molar-refractivity contribution is 0.0497. The monoisotopic (exact) mass is 308 g/mol. The molecule has 0 spiro atoms. The predicted molar refractivity (Wildman–Crippen MR) is 88.9 cm³/mol. The molecule has 0 atom stereocenters. The number of hydrogen-bond donors (Lipinski definition) is 0. The van der Waals surface area contributed by atoms with Crippen LogP contribution in [0.5, 0.6) is 0 Å². The third kappa shape index (κ3) is 8.56. The van der Waals surface area contributed by atoms with Gasteiger partial charge in [0.25, 0.3) is 0 Å². The van der Waals surface area contributed by atoms with E-state index in [1.807, 2.05) is 6.08 Å². The molecular formula is C18H25ClO2. The molecule has 0 aliphatic carbocycles. The molecule has 1 aromatic carbocycles. The minimum atomic E-state index is -0.268. The fourth-order valence-corrected chi connectivity index (χ4v) is 2.23. The highest BCUT2D eigenvalue weighted by Gasteiger charge is 2.05. The van der Waals surface area contributed by atoms with Crippen LogP contribution in [0.1, 0.15) is 61.7 Å². The molecule has 0 N–H and O–H groups in total. The first-order valence-corrected chi connectivity index (χ1v) is 8.15. The van der Waals surface area contributed by atoms with Gasteiger partial charge in [0.2, 0.25) is 0 Å². The molecule has 0 fully saturated rings. The van der Waals surface area contributed by atoms with E-state index in [0.717, 1.165) is 19.3 Å². The van der Waals surface area contributed by atoms with Gasteiger partial charge in [-0.25, -0.2) is 4.79 Å². The average Bonchev–Trinajstić information content (AvgIpc) is 2.49. The summed E-state index contributed by atoms with van der Waals surface area (Å²) in [5.74, 6) is -0.268. The summed E-state index contributed by atoms with van der Waals surface area (Å²) in [6.45, 7) is 4.22. The summed E-state index contributed by atoms with van der Waals surface area (Å²) in [6.07, 6.45) is 11.5. The Bertz CT molecular complexity index is 412. The van der Waals surface area contributed by atoms with Gasteiger partial charge in [-0.05, 0) is 43.5 Å². The van der Waals surface area contributed by atoms with Crippen LogP contribution < -0.4 is 0 Å². The Morgan fingerprint density at radius 3 is 2.19 bits per heavy atom. The molecule has 1 aromatic rings. The highest BCUT2D eigenvalue weighted by atomic mass is 35.5. The van der Waals surface area contributed by atoms with Crippen molar-refractivity contribution in [2.75, 3.05) is 6.61 Å². The van der Waals surface area contributed by atoms with Crippen LogP contribution >= 0.6 is 11.6 Å². The van der Waals surface area contributed by atoms with Crippen molar-refractivity contribution in [1.29, 1.82) is 0 Å². The first-order valence-electron chi connectivity index (χ1n) is 7.77. The number of ether oxygens (including phenoxy) is 1. The number of hydrogen-bond acceptors (Lipinski definition) is 2. The van der Waals surface area contributed by atoms with E-state index >= 15 is 0 Å². The summed E-state index contributed by atoms with van der Waals surface area (Å²) in [4.78, 5) is 11.7. The normalized spacial score (nSPS) is 10.3. The first kappa shape index (κ1) is 17.8. The van der Waals surface area contributed by atoms with Crippen molar-refractivity contribution in [1.82, 2.24) is 0 Å².